The van der Waals surface area contributed by atoms with Gasteiger partial charge in [-0.05, 0) is 49.5 Å². The molecule has 0 radical (unpaired) electrons. The molecule has 7 heteroatoms. The molecule has 1 aromatic heterocycles. The fourth-order valence-electron chi connectivity index (χ4n) is 3.10. The van der Waals surface area contributed by atoms with Gasteiger partial charge in [0.1, 0.15) is 0 Å². The third kappa shape index (κ3) is 3.94. The molecular formula is C18H23BN2O4. The minimum absolute atomic E-state index is 0.0497. The first-order valence-electron chi connectivity index (χ1n) is 8.59. The fraction of sp³-hybridized carbons (Fsp3) is 0.444. The van der Waals surface area contributed by atoms with Gasteiger partial charge in [0.25, 0.3) is 0 Å². The highest BCUT2D eigenvalue weighted by Gasteiger charge is 2.36. The molecule has 3 rings (SSSR count). The van der Waals surface area contributed by atoms with Gasteiger partial charge >= 0.3 is 7.12 Å². The van der Waals surface area contributed by atoms with Crippen molar-refractivity contribution in [1.82, 2.24) is 10.2 Å². The molecule has 0 spiro atoms. The van der Waals surface area contributed by atoms with Crippen LogP contribution in [0.5, 0.6) is 11.5 Å². The summed E-state index contributed by atoms with van der Waals surface area (Å²) in [5, 5.41) is 18.1. The highest BCUT2D eigenvalue weighted by Crippen LogP contribution is 2.36. The first-order chi connectivity index (χ1) is 12.1. The standard InChI is InChI=1S/C18H23BN2O4/c1-4-7-24-18-9-13(5-6-17(18)23-3)16-8-14(11-20-21-16)15-10-19(22)25-12(15)2/h5-6,8-9,11-12,15,22H,4,7,10H2,1-3H3/t12-,15+/m1/s1. The Labute approximate surface area is 148 Å². The largest absolute Gasteiger partial charge is 0.493 e. The zero-order valence-electron chi connectivity index (χ0n) is 14.8. The van der Waals surface area contributed by atoms with Crippen LogP contribution >= 0.6 is 0 Å². The van der Waals surface area contributed by atoms with Crippen LogP contribution in [0.3, 0.4) is 0 Å². The smallest absolute Gasteiger partial charge is 0.455 e. The molecule has 0 bridgehead atoms. The molecule has 0 amide bonds. The number of hydrogen-bond donors (Lipinski definition) is 1. The van der Waals surface area contributed by atoms with Crippen LogP contribution in [0.1, 0.15) is 31.7 Å². The van der Waals surface area contributed by atoms with Gasteiger partial charge in [-0.25, -0.2) is 0 Å². The Morgan fingerprint density at radius 2 is 2.16 bits per heavy atom. The number of rotatable bonds is 6. The van der Waals surface area contributed by atoms with Crippen LogP contribution in [-0.4, -0.2) is 42.2 Å². The van der Waals surface area contributed by atoms with Gasteiger partial charge < -0.3 is 19.2 Å². The van der Waals surface area contributed by atoms with E-state index in [-0.39, 0.29) is 12.0 Å². The summed E-state index contributed by atoms with van der Waals surface area (Å²) >= 11 is 0. The summed E-state index contributed by atoms with van der Waals surface area (Å²) in [4.78, 5) is 0. The highest BCUT2D eigenvalue weighted by molar-refractivity contribution is 6.44. The van der Waals surface area contributed by atoms with Gasteiger partial charge in [-0.1, -0.05) is 6.92 Å². The van der Waals surface area contributed by atoms with Gasteiger partial charge in [0.15, 0.2) is 11.5 Å². The van der Waals surface area contributed by atoms with Crippen LogP contribution < -0.4 is 9.47 Å². The average molecular weight is 342 g/mol. The van der Waals surface area contributed by atoms with Crippen molar-refractivity contribution in [3.8, 4) is 22.8 Å². The second-order valence-corrected chi connectivity index (χ2v) is 6.23. The molecule has 0 unspecified atom stereocenters. The summed E-state index contributed by atoms with van der Waals surface area (Å²) in [5.74, 6) is 1.50. The zero-order valence-corrected chi connectivity index (χ0v) is 14.8. The molecule has 1 N–H and O–H groups in total. The van der Waals surface area contributed by atoms with E-state index >= 15 is 0 Å². The van der Waals surface area contributed by atoms with Crippen molar-refractivity contribution in [2.45, 2.75) is 38.6 Å². The van der Waals surface area contributed by atoms with Crippen molar-refractivity contribution in [3.63, 3.8) is 0 Å². The Morgan fingerprint density at radius 3 is 2.84 bits per heavy atom. The first kappa shape index (κ1) is 17.7. The molecule has 0 saturated carbocycles. The lowest BCUT2D eigenvalue weighted by Crippen LogP contribution is -2.12. The molecule has 1 fully saturated rings. The van der Waals surface area contributed by atoms with E-state index in [1.165, 1.54) is 0 Å². The zero-order chi connectivity index (χ0) is 17.8. The molecule has 6 nitrogen and oxygen atoms in total. The molecule has 1 aliphatic rings. The minimum atomic E-state index is -0.716. The second kappa shape index (κ2) is 7.84. The summed E-state index contributed by atoms with van der Waals surface area (Å²) in [7, 11) is 0.910. The topological polar surface area (TPSA) is 73.7 Å². The fourth-order valence-corrected chi connectivity index (χ4v) is 3.10. The minimum Gasteiger partial charge on any atom is -0.493 e. The van der Waals surface area contributed by atoms with Gasteiger partial charge in [0.2, 0.25) is 0 Å². The Bertz CT molecular complexity index is 728. The quantitative estimate of drug-likeness (QED) is 0.814. The number of nitrogens with zero attached hydrogens (tertiary/aromatic N) is 2. The molecule has 2 aromatic rings. The van der Waals surface area contributed by atoms with Gasteiger partial charge in [-0.2, -0.15) is 10.2 Å². The van der Waals surface area contributed by atoms with Gasteiger partial charge in [-0.15, -0.1) is 0 Å². The van der Waals surface area contributed by atoms with Crippen molar-refractivity contribution in [1.29, 1.82) is 0 Å². The van der Waals surface area contributed by atoms with Crippen LogP contribution in [0, 0.1) is 0 Å². The van der Waals surface area contributed by atoms with Crippen LogP contribution in [0.15, 0.2) is 30.5 Å². The molecule has 1 aliphatic heterocycles. The Kier molecular flexibility index (Phi) is 5.55. The van der Waals surface area contributed by atoms with Crippen LogP contribution in [0.2, 0.25) is 6.32 Å². The van der Waals surface area contributed by atoms with E-state index in [9.17, 15) is 5.02 Å². The molecule has 132 valence electrons. The molecule has 0 aliphatic carbocycles. The van der Waals surface area contributed by atoms with E-state index in [4.69, 9.17) is 14.1 Å². The summed E-state index contributed by atoms with van der Waals surface area (Å²) in [6, 6.07) is 7.74. The third-order valence-electron chi connectivity index (χ3n) is 4.42. The number of methoxy groups -OCH3 is 1. The maximum atomic E-state index is 9.71. The monoisotopic (exact) mass is 342 g/mol. The highest BCUT2D eigenvalue weighted by atomic mass is 16.5. The predicted octanol–water partition coefficient (Wildman–Crippen LogP) is 2.92. The van der Waals surface area contributed by atoms with E-state index in [1.54, 1.807) is 13.3 Å². The molecular weight excluding hydrogens is 319 g/mol. The van der Waals surface area contributed by atoms with E-state index in [0.29, 0.717) is 24.4 Å². The first-order valence-corrected chi connectivity index (χ1v) is 8.59. The maximum absolute atomic E-state index is 9.71. The molecule has 1 aromatic carbocycles. The Hall–Kier alpha value is -2.12. The average Bonchev–Trinajstić information content (AvgIpc) is 2.98. The lowest BCUT2D eigenvalue weighted by Gasteiger charge is -2.15. The number of benzene rings is 1. The Morgan fingerprint density at radius 1 is 1.32 bits per heavy atom. The molecule has 2 heterocycles. The summed E-state index contributed by atoms with van der Waals surface area (Å²) in [5.41, 5.74) is 2.68. The third-order valence-corrected chi connectivity index (χ3v) is 4.42. The summed E-state index contributed by atoms with van der Waals surface area (Å²) in [6.07, 6.45) is 3.18. The van der Waals surface area contributed by atoms with E-state index in [1.807, 2.05) is 31.2 Å². The van der Waals surface area contributed by atoms with Crippen molar-refractivity contribution in [3.05, 3.63) is 36.0 Å². The maximum Gasteiger partial charge on any atom is 0.455 e. The molecule has 2 atom stereocenters. The number of hydrogen-bond acceptors (Lipinski definition) is 6. The van der Waals surface area contributed by atoms with Gasteiger partial charge in [0, 0.05) is 17.6 Å². The van der Waals surface area contributed by atoms with Gasteiger partial charge in [-0.3, -0.25) is 0 Å². The second-order valence-electron chi connectivity index (χ2n) is 6.23. The van der Waals surface area contributed by atoms with Crippen LogP contribution in [-0.2, 0) is 4.65 Å². The number of aromatic nitrogens is 2. The SMILES string of the molecule is CCCOc1cc(-c2cc([C@H]3CB(O)O[C@@H]3C)cnn2)ccc1OC. The lowest BCUT2D eigenvalue weighted by atomic mass is 9.78. The summed E-state index contributed by atoms with van der Waals surface area (Å²) < 4.78 is 16.6. The van der Waals surface area contributed by atoms with Crippen molar-refractivity contribution < 1.29 is 19.2 Å². The van der Waals surface area contributed by atoms with Crippen molar-refractivity contribution in [2.24, 2.45) is 0 Å². The lowest BCUT2D eigenvalue weighted by molar-refractivity contribution is 0.205. The molecule has 25 heavy (non-hydrogen) atoms. The van der Waals surface area contributed by atoms with E-state index in [0.717, 1.165) is 23.2 Å². The number of ether oxygens (including phenoxy) is 2. The van der Waals surface area contributed by atoms with E-state index < -0.39 is 7.12 Å². The predicted molar refractivity (Wildman–Crippen MR) is 95.9 cm³/mol. The van der Waals surface area contributed by atoms with Crippen LogP contribution in [0.25, 0.3) is 11.3 Å². The normalized spacial score (nSPS) is 19.9. The molecule has 1 saturated heterocycles. The van der Waals surface area contributed by atoms with Crippen LogP contribution in [0.4, 0.5) is 0 Å². The van der Waals surface area contributed by atoms with Gasteiger partial charge in [0.05, 0.1) is 25.6 Å². The Balaban J connectivity index is 1.90. The van der Waals surface area contributed by atoms with E-state index in [2.05, 4.69) is 17.1 Å². The van der Waals surface area contributed by atoms with Crippen molar-refractivity contribution in [2.75, 3.05) is 13.7 Å². The summed E-state index contributed by atoms with van der Waals surface area (Å²) in [6.45, 7) is 4.65. The van der Waals surface area contributed by atoms with Crippen molar-refractivity contribution >= 4 is 7.12 Å².